The van der Waals surface area contributed by atoms with Gasteiger partial charge in [0, 0.05) is 12.8 Å². The highest BCUT2D eigenvalue weighted by atomic mass is 16.6. The van der Waals surface area contributed by atoms with Crippen LogP contribution < -0.4 is 0 Å². The van der Waals surface area contributed by atoms with Gasteiger partial charge in [0.25, 0.3) is 0 Å². The lowest BCUT2D eigenvalue weighted by Crippen LogP contribution is -2.25. The summed E-state index contributed by atoms with van der Waals surface area (Å²) in [7, 11) is 0. The predicted octanol–water partition coefficient (Wildman–Crippen LogP) is 8.30. The molecule has 0 saturated carbocycles. The highest BCUT2D eigenvalue weighted by molar-refractivity contribution is 5.69. The Kier molecular flexibility index (Phi) is 25.2. The summed E-state index contributed by atoms with van der Waals surface area (Å²) in [5.74, 6) is 0.313. The second-order valence-electron chi connectivity index (χ2n) is 10.5. The van der Waals surface area contributed by atoms with Crippen LogP contribution in [0.1, 0.15) is 156 Å². The molecule has 0 fully saturated rings. The van der Waals surface area contributed by atoms with Crippen molar-refractivity contribution in [1.82, 2.24) is 0 Å². The van der Waals surface area contributed by atoms with Gasteiger partial charge in [-0.25, -0.2) is 0 Å². The third-order valence-electron chi connectivity index (χ3n) is 6.88. The summed E-state index contributed by atoms with van der Waals surface area (Å²) in [6.45, 7) is 6.60. The van der Waals surface area contributed by atoms with Crippen molar-refractivity contribution in [2.24, 2.45) is 5.92 Å². The molecule has 0 aliphatic rings. The summed E-state index contributed by atoms with van der Waals surface area (Å²) < 4.78 is 10.2. The molecule has 0 rings (SSSR count). The van der Waals surface area contributed by atoms with Gasteiger partial charge in [0.2, 0.25) is 0 Å². The van der Waals surface area contributed by atoms with Crippen LogP contribution in [0, 0.1) is 5.92 Å². The van der Waals surface area contributed by atoms with Crippen molar-refractivity contribution in [3.8, 4) is 0 Å². The quantitative estimate of drug-likeness (QED) is 0.0959. The fourth-order valence-electron chi connectivity index (χ4n) is 4.18. The Morgan fingerprint density at radius 2 is 0.971 bits per heavy atom. The molecule has 0 aliphatic heterocycles. The zero-order chi connectivity index (χ0) is 26.0. The number of aliphatic hydroxyl groups is 1. The van der Waals surface area contributed by atoms with Gasteiger partial charge in [-0.2, -0.15) is 0 Å². The van der Waals surface area contributed by atoms with Crippen LogP contribution in [-0.2, 0) is 19.1 Å². The predicted molar refractivity (Wildman–Crippen MR) is 145 cm³/mol. The monoisotopic (exact) mass is 498 g/mol. The van der Waals surface area contributed by atoms with Gasteiger partial charge in [-0.15, -0.1) is 0 Å². The summed E-state index contributed by atoms with van der Waals surface area (Å²) in [6.07, 6.45) is 22.9. The number of esters is 2. The largest absolute Gasteiger partial charge is 0.463 e. The first-order valence-corrected chi connectivity index (χ1v) is 15.0. The normalized spacial score (nSPS) is 12.9. The van der Waals surface area contributed by atoms with E-state index in [0.717, 1.165) is 38.0 Å². The maximum absolute atomic E-state index is 11.8. The molecule has 1 unspecified atom stereocenters. The molecule has 0 heterocycles. The number of ether oxygens (including phenoxy) is 2. The van der Waals surface area contributed by atoms with E-state index in [1.54, 1.807) is 0 Å². The summed E-state index contributed by atoms with van der Waals surface area (Å²) >= 11 is 0. The summed E-state index contributed by atoms with van der Waals surface area (Å²) in [4.78, 5) is 23.6. The Bertz CT molecular complexity index is 479. The zero-order valence-electron chi connectivity index (χ0n) is 23.5. The average molecular weight is 499 g/mol. The number of carbonyl (C=O) groups excluding carboxylic acids is 2. The fourth-order valence-corrected chi connectivity index (χ4v) is 4.18. The molecule has 5 heteroatoms. The van der Waals surface area contributed by atoms with Crippen molar-refractivity contribution in [2.45, 2.75) is 162 Å². The smallest absolute Gasteiger partial charge is 0.305 e. The maximum Gasteiger partial charge on any atom is 0.305 e. The molecule has 208 valence electrons. The van der Waals surface area contributed by atoms with Crippen LogP contribution in [0.15, 0.2) is 0 Å². The number of rotatable bonds is 26. The third kappa shape index (κ3) is 25.8. The fraction of sp³-hybridized carbons (Fsp3) is 0.933. The Morgan fingerprint density at radius 3 is 1.37 bits per heavy atom. The lowest BCUT2D eigenvalue weighted by molar-refractivity contribution is -0.152. The van der Waals surface area contributed by atoms with Crippen molar-refractivity contribution >= 4 is 11.9 Å². The van der Waals surface area contributed by atoms with E-state index in [2.05, 4.69) is 20.8 Å². The van der Waals surface area contributed by atoms with Crippen LogP contribution in [0.25, 0.3) is 0 Å². The van der Waals surface area contributed by atoms with Gasteiger partial charge >= 0.3 is 11.9 Å². The van der Waals surface area contributed by atoms with Crippen LogP contribution in [0.2, 0.25) is 0 Å². The van der Waals surface area contributed by atoms with Crippen LogP contribution in [0.4, 0.5) is 0 Å². The summed E-state index contributed by atoms with van der Waals surface area (Å²) in [6, 6.07) is 0. The molecule has 0 aromatic carbocycles. The molecular weight excluding hydrogens is 440 g/mol. The minimum atomic E-state index is -0.952. The average Bonchev–Trinajstić information content (AvgIpc) is 2.86. The van der Waals surface area contributed by atoms with E-state index in [4.69, 9.17) is 9.47 Å². The lowest BCUT2D eigenvalue weighted by Gasteiger charge is -2.12. The standard InChI is InChI=1S/C30H58O5/c1-4-6-7-8-13-17-20-23-29(32)34-25-28(31)26-35-30(33)24-21-18-15-12-10-9-11-14-16-19-22-27(3)5-2/h27-28,31H,4-26H2,1-3H3/t27?,28-/m1/s1. The van der Waals surface area contributed by atoms with E-state index in [1.165, 1.54) is 89.9 Å². The minimum Gasteiger partial charge on any atom is -0.463 e. The first-order chi connectivity index (χ1) is 17.0. The number of hydrogen-bond acceptors (Lipinski definition) is 5. The molecule has 2 atom stereocenters. The highest BCUT2D eigenvalue weighted by Gasteiger charge is 2.12. The first-order valence-electron chi connectivity index (χ1n) is 15.0. The minimum absolute atomic E-state index is 0.110. The van der Waals surface area contributed by atoms with E-state index >= 15 is 0 Å². The molecule has 1 N–H and O–H groups in total. The van der Waals surface area contributed by atoms with Crippen LogP contribution >= 0.6 is 0 Å². The van der Waals surface area contributed by atoms with Gasteiger partial charge in [-0.1, -0.05) is 130 Å². The first kappa shape index (κ1) is 33.9. The SMILES string of the molecule is CCCCCCCCCC(=O)OC[C@@H](O)COC(=O)CCCCCCCCCCCCC(C)CC. The molecule has 0 bridgehead atoms. The van der Waals surface area contributed by atoms with Gasteiger partial charge in [-0.3, -0.25) is 9.59 Å². The van der Waals surface area contributed by atoms with Crippen molar-refractivity contribution in [1.29, 1.82) is 0 Å². The number of hydrogen-bond donors (Lipinski definition) is 1. The molecule has 0 aromatic heterocycles. The third-order valence-corrected chi connectivity index (χ3v) is 6.88. The second-order valence-corrected chi connectivity index (χ2v) is 10.5. The Labute approximate surface area is 217 Å². The van der Waals surface area contributed by atoms with Crippen molar-refractivity contribution in [2.75, 3.05) is 13.2 Å². The Hall–Kier alpha value is -1.10. The molecule has 0 amide bonds. The van der Waals surface area contributed by atoms with Gasteiger partial charge in [0.05, 0.1) is 0 Å². The molecule has 0 spiro atoms. The van der Waals surface area contributed by atoms with Crippen molar-refractivity contribution in [3.05, 3.63) is 0 Å². The van der Waals surface area contributed by atoms with Crippen LogP contribution in [-0.4, -0.2) is 36.4 Å². The van der Waals surface area contributed by atoms with Gasteiger partial charge in [0.1, 0.15) is 19.3 Å². The van der Waals surface area contributed by atoms with E-state index < -0.39 is 6.10 Å². The molecule has 0 aliphatic carbocycles. The number of unbranched alkanes of at least 4 members (excludes halogenated alkanes) is 15. The van der Waals surface area contributed by atoms with Gasteiger partial charge < -0.3 is 14.6 Å². The van der Waals surface area contributed by atoms with Gasteiger partial charge in [0.15, 0.2) is 0 Å². The van der Waals surface area contributed by atoms with Crippen LogP contribution in [0.3, 0.4) is 0 Å². The Morgan fingerprint density at radius 1 is 0.600 bits per heavy atom. The number of carbonyl (C=O) groups is 2. The zero-order valence-corrected chi connectivity index (χ0v) is 23.5. The second kappa shape index (κ2) is 26.0. The van der Waals surface area contributed by atoms with E-state index in [9.17, 15) is 14.7 Å². The molecule has 5 nitrogen and oxygen atoms in total. The molecule has 35 heavy (non-hydrogen) atoms. The van der Waals surface area contributed by atoms with E-state index in [1.807, 2.05) is 0 Å². The number of aliphatic hydroxyl groups excluding tert-OH is 1. The highest BCUT2D eigenvalue weighted by Crippen LogP contribution is 2.15. The van der Waals surface area contributed by atoms with Gasteiger partial charge in [-0.05, 0) is 18.8 Å². The topological polar surface area (TPSA) is 72.8 Å². The van der Waals surface area contributed by atoms with E-state index in [-0.39, 0.29) is 25.2 Å². The van der Waals surface area contributed by atoms with E-state index in [0.29, 0.717) is 12.8 Å². The molecule has 0 saturated heterocycles. The molecule has 0 aromatic rings. The Balaban J connectivity index is 3.43. The molecule has 0 radical (unpaired) electrons. The van der Waals surface area contributed by atoms with Crippen LogP contribution in [0.5, 0.6) is 0 Å². The summed E-state index contributed by atoms with van der Waals surface area (Å²) in [5.41, 5.74) is 0. The van der Waals surface area contributed by atoms with Crippen molar-refractivity contribution < 1.29 is 24.2 Å². The maximum atomic E-state index is 11.8. The van der Waals surface area contributed by atoms with Crippen molar-refractivity contribution in [3.63, 3.8) is 0 Å². The molecular formula is C30H58O5. The lowest BCUT2D eigenvalue weighted by atomic mass is 9.99. The summed E-state index contributed by atoms with van der Waals surface area (Å²) in [5, 5.41) is 9.88.